The fourth-order valence-corrected chi connectivity index (χ4v) is 3.63. The van der Waals surface area contributed by atoms with Crippen molar-refractivity contribution in [1.82, 2.24) is 4.90 Å². The summed E-state index contributed by atoms with van der Waals surface area (Å²) in [7, 11) is 0. The maximum atomic E-state index is 12.7. The van der Waals surface area contributed by atoms with Crippen LogP contribution in [0.2, 0.25) is 0 Å². The van der Waals surface area contributed by atoms with Crippen LogP contribution in [0.1, 0.15) is 61.9 Å². The van der Waals surface area contributed by atoms with Crippen molar-refractivity contribution in [2.24, 2.45) is 5.92 Å². The Morgan fingerprint density at radius 3 is 2.74 bits per heavy atom. The van der Waals surface area contributed by atoms with E-state index in [4.69, 9.17) is 0 Å². The molecule has 0 radical (unpaired) electrons. The van der Waals surface area contributed by atoms with Gasteiger partial charge in [-0.05, 0) is 43.2 Å². The lowest BCUT2D eigenvalue weighted by Crippen LogP contribution is -2.47. The van der Waals surface area contributed by atoms with E-state index in [0.717, 1.165) is 31.4 Å². The summed E-state index contributed by atoms with van der Waals surface area (Å²) in [6, 6.07) is 7.30. The van der Waals surface area contributed by atoms with Gasteiger partial charge in [0.2, 0.25) is 5.91 Å². The van der Waals surface area contributed by atoms with Gasteiger partial charge in [0.15, 0.2) is 0 Å². The number of piperidine rings is 1. The topological polar surface area (TPSA) is 57.6 Å². The average molecular weight is 317 g/mol. The summed E-state index contributed by atoms with van der Waals surface area (Å²) >= 11 is 0. The highest BCUT2D eigenvalue weighted by Crippen LogP contribution is 2.27. The Kier molecular flexibility index (Phi) is 6.20. The van der Waals surface area contributed by atoms with E-state index in [1.807, 2.05) is 11.0 Å². The lowest BCUT2D eigenvalue weighted by Gasteiger charge is -2.40. The van der Waals surface area contributed by atoms with Gasteiger partial charge in [-0.2, -0.15) is 0 Å². The second-order valence-corrected chi connectivity index (χ2v) is 6.52. The van der Waals surface area contributed by atoms with Gasteiger partial charge < -0.3 is 10.0 Å². The summed E-state index contributed by atoms with van der Waals surface area (Å²) in [6.07, 6.45) is 5.27. The minimum Gasteiger partial charge on any atom is -0.478 e. The third-order valence-corrected chi connectivity index (χ3v) is 4.88. The predicted molar refractivity (Wildman–Crippen MR) is 90.5 cm³/mol. The van der Waals surface area contributed by atoms with E-state index in [-0.39, 0.29) is 5.91 Å². The fourth-order valence-electron chi connectivity index (χ4n) is 3.63. The molecule has 1 saturated heterocycles. The molecule has 0 spiro atoms. The molecule has 23 heavy (non-hydrogen) atoms. The van der Waals surface area contributed by atoms with Gasteiger partial charge in [0.05, 0.1) is 5.56 Å². The third kappa shape index (κ3) is 4.34. The number of carboxylic acid groups (broad SMARTS) is 1. The van der Waals surface area contributed by atoms with Gasteiger partial charge in [0.1, 0.15) is 0 Å². The van der Waals surface area contributed by atoms with Crippen molar-refractivity contribution >= 4 is 11.9 Å². The van der Waals surface area contributed by atoms with Crippen LogP contribution in [0.3, 0.4) is 0 Å². The van der Waals surface area contributed by atoms with Crippen molar-refractivity contribution < 1.29 is 14.7 Å². The second kappa shape index (κ2) is 8.14. The van der Waals surface area contributed by atoms with Gasteiger partial charge in [-0.15, -0.1) is 0 Å². The SMILES string of the molecule is CCCC1C(C)CCCN1C(=O)CCc1ccccc1C(=O)O. The highest BCUT2D eigenvalue weighted by Gasteiger charge is 2.30. The molecule has 0 saturated carbocycles. The number of benzene rings is 1. The number of rotatable bonds is 6. The molecule has 1 aliphatic rings. The van der Waals surface area contributed by atoms with Gasteiger partial charge in [0.25, 0.3) is 0 Å². The highest BCUT2D eigenvalue weighted by molar-refractivity contribution is 5.89. The van der Waals surface area contributed by atoms with Crippen LogP contribution in [0.25, 0.3) is 0 Å². The zero-order valence-corrected chi connectivity index (χ0v) is 14.1. The summed E-state index contributed by atoms with van der Waals surface area (Å²) in [6.45, 7) is 5.24. The quantitative estimate of drug-likeness (QED) is 0.869. The van der Waals surface area contributed by atoms with Crippen molar-refractivity contribution in [2.75, 3.05) is 6.54 Å². The Labute approximate surface area is 138 Å². The Morgan fingerprint density at radius 2 is 2.04 bits per heavy atom. The molecule has 2 atom stereocenters. The molecule has 0 bridgehead atoms. The van der Waals surface area contributed by atoms with Crippen LogP contribution in [0.4, 0.5) is 0 Å². The molecule has 0 aromatic heterocycles. The van der Waals surface area contributed by atoms with E-state index in [9.17, 15) is 14.7 Å². The minimum absolute atomic E-state index is 0.162. The van der Waals surface area contributed by atoms with Gasteiger partial charge in [-0.3, -0.25) is 4.79 Å². The first-order valence-electron chi connectivity index (χ1n) is 8.65. The standard InChI is InChI=1S/C19H27NO3/c1-3-7-17-14(2)8-6-13-20(17)18(21)12-11-15-9-4-5-10-16(15)19(22)23/h4-5,9-10,14,17H,3,6-8,11-13H2,1-2H3,(H,22,23). The van der Waals surface area contributed by atoms with Crippen molar-refractivity contribution in [3.63, 3.8) is 0 Å². The molecule has 1 N–H and O–H groups in total. The molecule has 126 valence electrons. The Balaban J connectivity index is 2.02. The molecule has 1 fully saturated rings. The zero-order chi connectivity index (χ0) is 16.8. The van der Waals surface area contributed by atoms with Crippen LogP contribution in [0.15, 0.2) is 24.3 Å². The highest BCUT2D eigenvalue weighted by atomic mass is 16.4. The van der Waals surface area contributed by atoms with E-state index in [1.54, 1.807) is 18.2 Å². The summed E-state index contributed by atoms with van der Waals surface area (Å²) in [5, 5.41) is 9.23. The van der Waals surface area contributed by atoms with E-state index in [2.05, 4.69) is 13.8 Å². The maximum Gasteiger partial charge on any atom is 0.335 e. The molecule has 2 unspecified atom stereocenters. The molecule has 1 aromatic rings. The first-order chi connectivity index (χ1) is 11.0. The number of carboxylic acids is 1. The number of nitrogens with zero attached hydrogens (tertiary/aromatic N) is 1. The normalized spacial score (nSPS) is 21.2. The van der Waals surface area contributed by atoms with E-state index in [1.165, 1.54) is 6.42 Å². The molecule has 4 nitrogen and oxygen atoms in total. The van der Waals surface area contributed by atoms with E-state index in [0.29, 0.717) is 30.4 Å². The summed E-state index contributed by atoms with van der Waals surface area (Å²) < 4.78 is 0. The summed E-state index contributed by atoms with van der Waals surface area (Å²) in [5.41, 5.74) is 1.04. The van der Waals surface area contributed by atoms with Gasteiger partial charge in [-0.1, -0.05) is 38.5 Å². The van der Waals surface area contributed by atoms with Crippen molar-refractivity contribution in [1.29, 1.82) is 0 Å². The van der Waals surface area contributed by atoms with Crippen LogP contribution >= 0.6 is 0 Å². The largest absolute Gasteiger partial charge is 0.478 e. The minimum atomic E-state index is -0.927. The molecular formula is C19H27NO3. The monoisotopic (exact) mass is 317 g/mol. The predicted octanol–water partition coefficient (Wildman–Crippen LogP) is 3.74. The summed E-state index contributed by atoms with van der Waals surface area (Å²) in [5.74, 6) is -0.211. The van der Waals surface area contributed by atoms with E-state index >= 15 is 0 Å². The Hall–Kier alpha value is -1.84. The second-order valence-electron chi connectivity index (χ2n) is 6.52. The van der Waals surface area contributed by atoms with Crippen LogP contribution in [-0.2, 0) is 11.2 Å². The summed E-state index contributed by atoms with van der Waals surface area (Å²) in [4.78, 5) is 26.0. The molecule has 1 amide bonds. The molecule has 0 aliphatic carbocycles. The molecule has 1 heterocycles. The molecule has 2 rings (SSSR count). The number of carbonyl (C=O) groups excluding carboxylic acids is 1. The Bertz CT molecular complexity index is 555. The smallest absolute Gasteiger partial charge is 0.335 e. The lowest BCUT2D eigenvalue weighted by atomic mass is 9.87. The fraction of sp³-hybridized carbons (Fsp3) is 0.579. The number of amides is 1. The van der Waals surface area contributed by atoms with Crippen molar-refractivity contribution in [2.45, 2.75) is 58.4 Å². The first kappa shape index (κ1) is 17.5. The van der Waals surface area contributed by atoms with Crippen LogP contribution in [-0.4, -0.2) is 34.5 Å². The van der Waals surface area contributed by atoms with Crippen LogP contribution < -0.4 is 0 Å². The number of carbonyl (C=O) groups is 2. The lowest BCUT2D eigenvalue weighted by molar-refractivity contribution is -0.136. The average Bonchev–Trinajstić information content (AvgIpc) is 2.54. The van der Waals surface area contributed by atoms with Crippen LogP contribution in [0.5, 0.6) is 0 Å². The van der Waals surface area contributed by atoms with Gasteiger partial charge >= 0.3 is 5.97 Å². The Morgan fingerprint density at radius 1 is 1.30 bits per heavy atom. The van der Waals surface area contributed by atoms with Gasteiger partial charge in [0, 0.05) is 19.0 Å². The molecular weight excluding hydrogens is 290 g/mol. The molecule has 1 aliphatic heterocycles. The number of hydrogen-bond donors (Lipinski definition) is 1. The third-order valence-electron chi connectivity index (χ3n) is 4.88. The van der Waals surface area contributed by atoms with Crippen molar-refractivity contribution in [3.05, 3.63) is 35.4 Å². The molecule has 4 heteroatoms. The number of aromatic carboxylic acids is 1. The number of likely N-dealkylation sites (tertiary alicyclic amines) is 1. The zero-order valence-electron chi connectivity index (χ0n) is 14.1. The number of hydrogen-bond acceptors (Lipinski definition) is 2. The van der Waals surface area contributed by atoms with Gasteiger partial charge in [-0.25, -0.2) is 4.79 Å². The first-order valence-corrected chi connectivity index (χ1v) is 8.65. The van der Waals surface area contributed by atoms with Crippen LogP contribution in [0, 0.1) is 5.92 Å². The van der Waals surface area contributed by atoms with Crippen molar-refractivity contribution in [3.8, 4) is 0 Å². The maximum absolute atomic E-state index is 12.7. The number of aryl methyl sites for hydroxylation is 1. The molecule has 1 aromatic carbocycles. The van der Waals surface area contributed by atoms with E-state index < -0.39 is 5.97 Å².